The fourth-order valence-electron chi connectivity index (χ4n) is 3.02. The van der Waals surface area contributed by atoms with Crippen molar-refractivity contribution in [2.45, 2.75) is 26.7 Å². The van der Waals surface area contributed by atoms with E-state index in [1.807, 2.05) is 0 Å². The summed E-state index contributed by atoms with van der Waals surface area (Å²) < 4.78 is 5.46. The van der Waals surface area contributed by atoms with Crippen molar-refractivity contribution >= 4 is 0 Å². The van der Waals surface area contributed by atoms with Crippen molar-refractivity contribution in [1.29, 1.82) is 0 Å². The van der Waals surface area contributed by atoms with Crippen molar-refractivity contribution in [2.75, 3.05) is 45.9 Å². The summed E-state index contributed by atoms with van der Waals surface area (Å²) in [5.74, 6) is 2.38. The summed E-state index contributed by atoms with van der Waals surface area (Å²) in [6.45, 7) is 12.8. The molecular weight excluding hydrogens is 212 g/mol. The van der Waals surface area contributed by atoms with Gasteiger partial charge in [-0.3, -0.25) is 0 Å². The molecule has 0 bridgehead atoms. The van der Waals surface area contributed by atoms with Gasteiger partial charge < -0.3 is 15.0 Å². The van der Waals surface area contributed by atoms with E-state index in [9.17, 15) is 0 Å². The highest BCUT2D eigenvalue weighted by Crippen LogP contribution is 2.18. The molecule has 0 spiro atoms. The molecule has 0 amide bonds. The molecule has 1 N–H and O–H groups in total. The van der Waals surface area contributed by atoms with Gasteiger partial charge in [0.05, 0.1) is 0 Å². The van der Waals surface area contributed by atoms with E-state index < -0.39 is 0 Å². The van der Waals surface area contributed by atoms with E-state index in [-0.39, 0.29) is 0 Å². The molecule has 2 fully saturated rings. The largest absolute Gasteiger partial charge is 0.381 e. The van der Waals surface area contributed by atoms with E-state index in [4.69, 9.17) is 4.74 Å². The second-order valence-corrected chi connectivity index (χ2v) is 6.15. The summed E-state index contributed by atoms with van der Waals surface area (Å²) in [7, 11) is 0. The molecule has 0 aromatic heterocycles. The van der Waals surface area contributed by atoms with Crippen LogP contribution in [0.1, 0.15) is 26.7 Å². The van der Waals surface area contributed by atoms with Crippen LogP contribution in [0.2, 0.25) is 0 Å². The Balaban J connectivity index is 1.74. The Labute approximate surface area is 106 Å². The van der Waals surface area contributed by atoms with Crippen LogP contribution in [0, 0.1) is 17.8 Å². The zero-order valence-electron chi connectivity index (χ0n) is 11.5. The van der Waals surface area contributed by atoms with Gasteiger partial charge >= 0.3 is 0 Å². The highest BCUT2D eigenvalue weighted by Gasteiger charge is 2.20. The molecule has 3 heteroatoms. The molecule has 2 saturated heterocycles. The van der Waals surface area contributed by atoms with Crippen molar-refractivity contribution in [3.05, 3.63) is 0 Å². The zero-order chi connectivity index (χ0) is 12.1. The van der Waals surface area contributed by atoms with Crippen molar-refractivity contribution in [3.8, 4) is 0 Å². The number of nitrogens with zero attached hydrogens (tertiary/aromatic N) is 1. The Morgan fingerprint density at radius 2 is 1.88 bits per heavy atom. The normalized spacial score (nSPS) is 36.7. The Morgan fingerprint density at radius 3 is 2.47 bits per heavy atom. The standard InChI is InChI=1S/C14H28N2O/c1-12-7-15-8-13(2)10-16(9-12)5-3-14-4-6-17-11-14/h12-15H,3-11H2,1-2H3. The zero-order valence-corrected chi connectivity index (χ0v) is 11.5. The highest BCUT2D eigenvalue weighted by molar-refractivity contribution is 4.74. The van der Waals surface area contributed by atoms with Gasteiger partial charge in [0.25, 0.3) is 0 Å². The quantitative estimate of drug-likeness (QED) is 0.811. The monoisotopic (exact) mass is 240 g/mol. The minimum atomic E-state index is 0.780. The lowest BCUT2D eigenvalue weighted by molar-refractivity contribution is 0.160. The maximum absolute atomic E-state index is 5.46. The third-order valence-corrected chi connectivity index (χ3v) is 4.00. The predicted octanol–water partition coefficient (Wildman–Crippen LogP) is 1.59. The summed E-state index contributed by atoms with van der Waals surface area (Å²) in [6.07, 6.45) is 2.60. The molecule has 2 aliphatic rings. The third kappa shape index (κ3) is 4.57. The summed E-state index contributed by atoms with van der Waals surface area (Å²) in [6, 6.07) is 0. The summed E-state index contributed by atoms with van der Waals surface area (Å²) in [5, 5.41) is 3.56. The number of nitrogens with one attached hydrogen (secondary N) is 1. The predicted molar refractivity (Wildman–Crippen MR) is 71.2 cm³/mol. The summed E-state index contributed by atoms with van der Waals surface area (Å²) >= 11 is 0. The molecule has 3 nitrogen and oxygen atoms in total. The van der Waals surface area contributed by atoms with Gasteiger partial charge in [0, 0.05) is 26.3 Å². The van der Waals surface area contributed by atoms with Crippen LogP contribution in [0.5, 0.6) is 0 Å². The van der Waals surface area contributed by atoms with E-state index in [1.54, 1.807) is 0 Å². The van der Waals surface area contributed by atoms with Gasteiger partial charge in [0.15, 0.2) is 0 Å². The summed E-state index contributed by atoms with van der Waals surface area (Å²) in [5.41, 5.74) is 0. The van der Waals surface area contributed by atoms with Gasteiger partial charge in [-0.15, -0.1) is 0 Å². The molecule has 100 valence electrons. The van der Waals surface area contributed by atoms with Crippen LogP contribution in [0.4, 0.5) is 0 Å². The first kappa shape index (κ1) is 13.3. The Bertz CT molecular complexity index is 204. The molecular formula is C14H28N2O. The first-order chi connectivity index (χ1) is 8.24. The molecule has 17 heavy (non-hydrogen) atoms. The fraction of sp³-hybridized carbons (Fsp3) is 1.00. The van der Waals surface area contributed by atoms with E-state index >= 15 is 0 Å². The lowest BCUT2D eigenvalue weighted by atomic mass is 10.0. The van der Waals surface area contributed by atoms with Crippen LogP contribution in [-0.2, 0) is 4.74 Å². The van der Waals surface area contributed by atoms with E-state index in [2.05, 4.69) is 24.1 Å². The number of hydrogen-bond donors (Lipinski definition) is 1. The lowest BCUT2D eigenvalue weighted by Crippen LogP contribution is -2.43. The maximum Gasteiger partial charge on any atom is 0.0495 e. The second kappa shape index (κ2) is 6.72. The van der Waals surface area contributed by atoms with Gasteiger partial charge in [0.2, 0.25) is 0 Å². The Kier molecular flexibility index (Phi) is 5.26. The number of rotatable bonds is 3. The minimum Gasteiger partial charge on any atom is -0.381 e. The highest BCUT2D eigenvalue weighted by atomic mass is 16.5. The van der Waals surface area contributed by atoms with Gasteiger partial charge in [0.1, 0.15) is 0 Å². The van der Waals surface area contributed by atoms with Crippen LogP contribution < -0.4 is 5.32 Å². The maximum atomic E-state index is 5.46. The van der Waals surface area contributed by atoms with Gasteiger partial charge in [-0.2, -0.15) is 0 Å². The van der Waals surface area contributed by atoms with Crippen LogP contribution in [0.15, 0.2) is 0 Å². The first-order valence-electron chi connectivity index (χ1n) is 7.25. The Morgan fingerprint density at radius 1 is 1.18 bits per heavy atom. The van der Waals surface area contributed by atoms with Crippen LogP contribution in [-0.4, -0.2) is 50.8 Å². The van der Waals surface area contributed by atoms with Crippen molar-refractivity contribution < 1.29 is 4.74 Å². The number of hydrogen-bond acceptors (Lipinski definition) is 3. The number of ether oxygens (including phenoxy) is 1. The molecule has 2 aliphatic heterocycles. The van der Waals surface area contributed by atoms with Crippen LogP contribution >= 0.6 is 0 Å². The SMILES string of the molecule is CC1CNCC(C)CN(CCC2CCOC2)C1. The van der Waals surface area contributed by atoms with Crippen molar-refractivity contribution in [3.63, 3.8) is 0 Å². The average Bonchev–Trinajstić information content (AvgIpc) is 2.76. The first-order valence-corrected chi connectivity index (χ1v) is 7.25. The van der Waals surface area contributed by atoms with Gasteiger partial charge in [-0.1, -0.05) is 13.8 Å². The lowest BCUT2D eigenvalue weighted by Gasteiger charge is -2.32. The van der Waals surface area contributed by atoms with Gasteiger partial charge in [-0.25, -0.2) is 0 Å². The molecule has 0 saturated carbocycles. The molecule has 0 aromatic carbocycles. The molecule has 0 aromatic rings. The molecule has 2 heterocycles. The summed E-state index contributed by atoms with van der Waals surface area (Å²) in [4.78, 5) is 2.68. The van der Waals surface area contributed by atoms with E-state index in [0.717, 1.165) is 31.0 Å². The van der Waals surface area contributed by atoms with E-state index in [1.165, 1.54) is 45.6 Å². The third-order valence-electron chi connectivity index (χ3n) is 4.00. The van der Waals surface area contributed by atoms with Crippen molar-refractivity contribution in [2.24, 2.45) is 17.8 Å². The van der Waals surface area contributed by atoms with Crippen LogP contribution in [0.3, 0.4) is 0 Å². The fourth-order valence-corrected chi connectivity index (χ4v) is 3.02. The average molecular weight is 240 g/mol. The minimum absolute atomic E-state index is 0.780. The van der Waals surface area contributed by atoms with Crippen LogP contribution in [0.25, 0.3) is 0 Å². The molecule has 3 unspecified atom stereocenters. The molecule has 2 rings (SSSR count). The van der Waals surface area contributed by atoms with Crippen molar-refractivity contribution in [1.82, 2.24) is 10.2 Å². The van der Waals surface area contributed by atoms with E-state index in [0.29, 0.717) is 0 Å². The topological polar surface area (TPSA) is 24.5 Å². The smallest absolute Gasteiger partial charge is 0.0495 e. The second-order valence-electron chi connectivity index (χ2n) is 6.15. The molecule has 3 atom stereocenters. The Hall–Kier alpha value is -0.120. The van der Waals surface area contributed by atoms with Gasteiger partial charge in [-0.05, 0) is 50.2 Å². The molecule has 0 aliphatic carbocycles. The molecule has 0 radical (unpaired) electrons.